The molecule has 0 spiro atoms. The number of benzene rings is 1. The third-order valence-corrected chi connectivity index (χ3v) is 2.16. The van der Waals surface area contributed by atoms with E-state index >= 15 is 0 Å². The topological polar surface area (TPSA) is 53.1 Å². The van der Waals surface area contributed by atoms with E-state index in [2.05, 4.69) is 9.84 Å². The molecule has 0 atom stereocenters. The normalized spacial score (nSPS) is 11.5. The number of nitrogen functional groups attached to an aromatic ring is 1. The molecule has 2 aromatic rings. The van der Waals surface area contributed by atoms with Crippen molar-refractivity contribution in [2.24, 2.45) is 0 Å². The minimum atomic E-state index is -4.67. The molecule has 1 aromatic heterocycles. The molecule has 1 aromatic carbocycles. The van der Waals surface area contributed by atoms with Gasteiger partial charge in [-0.25, -0.2) is 0 Å². The number of hydrogen-bond donors (Lipinski definition) is 1. The van der Waals surface area contributed by atoms with Crippen LogP contribution in [0.1, 0.15) is 5.56 Å². The maximum atomic E-state index is 11.9. The van der Waals surface area contributed by atoms with Gasteiger partial charge in [0.25, 0.3) is 0 Å². The second kappa shape index (κ2) is 4.59. The number of alkyl halides is 3. The molecule has 0 aliphatic carbocycles. The summed E-state index contributed by atoms with van der Waals surface area (Å²) >= 11 is 0. The summed E-state index contributed by atoms with van der Waals surface area (Å²) in [5.41, 5.74) is 6.25. The lowest BCUT2D eigenvalue weighted by atomic mass is 10.2. The zero-order chi connectivity index (χ0) is 13.2. The average Bonchev–Trinajstić information content (AvgIpc) is 2.65. The molecule has 0 bridgehead atoms. The lowest BCUT2D eigenvalue weighted by Crippen LogP contribution is -2.17. The standard InChI is InChI=1S/C11H10F3N3O/c12-11(13,14)18-9-3-1-8(2-4-9)7-17-6-5-10(15)16-17/h1-6H,7H2,(H2,15,16). The van der Waals surface area contributed by atoms with Crippen molar-refractivity contribution < 1.29 is 17.9 Å². The van der Waals surface area contributed by atoms with Crippen LogP contribution >= 0.6 is 0 Å². The van der Waals surface area contributed by atoms with Crippen LogP contribution in [-0.4, -0.2) is 16.1 Å². The third-order valence-electron chi connectivity index (χ3n) is 2.16. The van der Waals surface area contributed by atoms with Gasteiger partial charge in [-0.2, -0.15) is 5.10 Å². The fourth-order valence-corrected chi connectivity index (χ4v) is 1.45. The van der Waals surface area contributed by atoms with Crippen molar-refractivity contribution in [2.75, 3.05) is 5.73 Å². The minimum Gasteiger partial charge on any atom is -0.406 e. The molecule has 1 heterocycles. The van der Waals surface area contributed by atoms with Gasteiger partial charge in [-0.1, -0.05) is 12.1 Å². The zero-order valence-electron chi connectivity index (χ0n) is 9.19. The van der Waals surface area contributed by atoms with Crippen LogP contribution in [0.25, 0.3) is 0 Å². The molecule has 2 N–H and O–H groups in total. The van der Waals surface area contributed by atoms with E-state index in [0.717, 1.165) is 5.56 Å². The zero-order valence-corrected chi connectivity index (χ0v) is 9.19. The van der Waals surface area contributed by atoms with Crippen LogP contribution < -0.4 is 10.5 Å². The number of rotatable bonds is 3. The number of nitrogens with two attached hydrogens (primary N) is 1. The summed E-state index contributed by atoms with van der Waals surface area (Å²) in [4.78, 5) is 0. The van der Waals surface area contributed by atoms with Crippen LogP contribution in [0.2, 0.25) is 0 Å². The fourth-order valence-electron chi connectivity index (χ4n) is 1.45. The lowest BCUT2D eigenvalue weighted by Gasteiger charge is -2.09. The SMILES string of the molecule is Nc1ccn(Cc2ccc(OC(F)(F)F)cc2)n1. The first-order chi connectivity index (χ1) is 8.42. The quantitative estimate of drug-likeness (QED) is 0.918. The van der Waals surface area contributed by atoms with Crippen molar-refractivity contribution in [1.82, 2.24) is 9.78 Å². The van der Waals surface area contributed by atoms with Gasteiger partial charge in [-0.15, -0.1) is 13.2 Å². The molecule has 18 heavy (non-hydrogen) atoms. The van der Waals surface area contributed by atoms with Crippen molar-refractivity contribution in [3.63, 3.8) is 0 Å². The highest BCUT2D eigenvalue weighted by Gasteiger charge is 2.30. The number of hydrogen-bond acceptors (Lipinski definition) is 3. The van der Waals surface area contributed by atoms with Crippen molar-refractivity contribution >= 4 is 5.82 Å². The molecule has 2 rings (SSSR count). The summed E-state index contributed by atoms with van der Waals surface area (Å²) in [6, 6.07) is 7.24. The Morgan fingerprint density at radius 2 is 1.83 bits per heavy atom. The number of anilines is 1. The maximum Gasteiger partial charge on any atom is 0.573 e. The molecule has 0 radical (unpaired) electrons. The molecule has 0 aliphatic rings. The van der Waals surface area contributed by atoms with Crippen molar-refractivity contribution in [3.05, 3.63) is 42.1 Å². The Kier molecular flexibility index (Phi) is 3.14. The van der Waals surface area contributed by atoms with Crippen LogP contribution in [-0.2, 0) is 6.54 Å². The minimum absolute atomic E-state index is 0.244. The van der Waals surface area contributed by atoms with Gasteiger partial charge in [0.05, 0.1) is 6.54 Å². The Morgan fingerprint density at radius 1 is 1.17 bits per heavy atom. The molecule has 0 aliphatic heterocycles. The third kappa shape index (κ3) is 3.41. The van der Waals surface area contributed by atoms with E-state index in [4.69, 9.17) is 5.73 Å². The summed E-state index contributed by atoms with van der Waals surface area (Å²) in [6.45, 7) is 0.434. The predicted molar refractivity (Wildman–Crippen MR) is 58.9 cm³/mol. The molecule has 0 unspecified atom stereocenters. The molecular weight excluding hydrogens is 247 g/mol. The summed E-state index contributed by atoms with van der Waals surface area (Å²) in [5.74, 6) is 0.151. The van der Waals surface area contributed by atoms with E-state index in [9.17, 15) is 13.2 Å². The van der Waals surface area contributed by atoms with Gasteiger partial charge in [0, 0.05) is 6.20 Å². The molecule has 0 amide bonds. The number of nitrogens with zero attached hydrogens (tertiary/aromatic N) is 2. The van der Waals surface area contributed by atoms with E-state index in [-0.39, 0.29) is 5.75 Å². The Morgan fingerprint density at radius 3 is 2.33 bits per heavy atom. The van der Waals surface area contributed by atoms with E-state index in [0.29, 0.717) is 12.4 Å². The molecule has 0 saturated carbocycles. The Hall–Kier alpha value is -2.18. The number of ether oxygens (including phenoxy) is 1. The second-order valence-electron chi connectivity index (χ2n) is 3.63. The van der Waals surface area contributed by atoms with E-state index in [1.807, 2.05) is 0 Å². The Balaban J connectivity index is 2.04. The van der Waals surface area contributed by atoms with Gasteiger partial charge in [0.1, 0.15) is 11.6 Å². The monoisotopic (exact) mass is 257 g/mol. The van der Waals surface area contributed by atoms with Crippen LogP contribution in [0.3, 0.4) is 0 Å². The average molecular weight is 257 g/mol. The van der Waals surface area contributed by atoms with Crippen molar-refractivity contribution in [2.45, 2.75) is 12.9 Å². The highest BCUT2D eigenvalue weighted by atomic mass is 19.4. The molecule has 0 fully saturated rings. The lowest BCUT2D eigenvalue weighted by molar-refractivity contribution is -0.274. The summed E-state index contributed by atoms with van der Waals surface area (Å²) in [5, 5.41) is 3.97. The van der Waals surface area contributed by atoms with E-state index in [1.54, 1.807) is 29.1 Å². The smallest absolute Gasteiger partial charge is 0.406 e. The van der Waals surface area contributed by atoms with Gasteiger partial charge < -0.3 is 10.5 Å². The first kappa shape index (κ1) is 12.3. The van der Waals surface area contributed by atoms with E-state index < -0.39 is 6.36 Å². The van der Waals surface area contributed by atoms with Gasteiger partial charge in [0.2, 0.25) is 0 Å². The summed E-state index contributed by atoms with van der Waals surface area (Å²) in [7, 11) is 0. The van der Waals surface area contributed by atoms with E-state index in [1.165, 1.54) is 12.1 Å². The maximum absolute atomic E-state index is 11.9. The van der Waals surface area contributed by atoms with Gasteiger partial charge in [-0.05, 0) is 23.8 Å². The summed E-state index contributed by atoms with van der Waals surface area (Å²) in [6.07, 6.45) is -2.98. The van der Waals surface area contributed by atoms with Crippen molar-refractivity contribution in [1.29, 1.82) is 0 Å². The molecule has 96 valence electrons. The highest BCUT2D eigenvalue weighted by Crippen LogP contribution is 2.22. The predicted octanol–water partition coefficient (Wildman–Crippen LogP) is 2.41. The fraction of sp³-hybridized carbons (Fsp3) is 0.182. The first-order valence-corrected chi connectivity index (χ1v) is 5.06. The largest absolute Gasteiger partial charge is 0.573 e. The van der Waals surface area contributed by atoms with Crippen LogP contribution in [0.5, 0.6) is 5.75 Å². The molecule has 4 nitrogen and oxygen atoms in total. The van der Waals surface area contributed by atoms with Crippen molar-refractivity contribution in [3.8, 4) is 5.75 Å². The van der Waals surface area contributed by atoms with Crippen LogP contribution in [0.4, 0.5) is 19.0 Å². The van der Waals surface area contributed by atoms with Gasteiger partial charge >= 0.3 is 6.36 Å². The van der Waals surface area contributed by atoms with Gasteiger partial charge in [-0.3, -0.25) is 4.68 Å². The van der Waals surface area contributed by atoms with Gasteiger partial charge in [0.15, 0.2) is 0 Å². The Bertz CT molecular complexity index is 519. The number of halogens is 3. The first-order valence-electron chi connectivity index (χ1n) is 5.06. The number of aromatic nitrogens is 2. The Labute approximate surface area is 101 Å². The second-order valence-corrected chi connectivity index (χ2v) is 3.63. The van der Waals surface area contributed by atoms with Crippen LogP contribution in [0.15, 0.2) is 36.5 Å². The van der Waals surface area contributed by atoms with Crippen LogP contribution in [0, 0.1) is 0 Å². The molecule has 0 saturated heterocycles. The summed E-state index contributed by atoms with van der Waals surface area (Å²) < 4.78 is 41.2. The molecular formula is C11H10F3N3O. The molecule has 7 heteroatoms. The highest BCUT2D eigenvalue weighted by molar-refractivity contribution is 5.28.